The molecule has 3 rings (SSSR count). The highest BCUT2D eigenvalue weighted by atomic mass is 16.5. The van der Waals surface area contributed by atoms with Gasteiger partial charge in [0.15, 0.2) is 0 Å². The van der Waals surface area contributed by atoms with Gasteiger partial charge in [-0.3, -0.25) is 14.4 Å². The fourth-order valence-corrected chi connectivity index (χ4v) is 4.81. The Morgan fingerprint density at radius 2 is 1.63 bits per heavy atom. The van der Waals surface area contributed by atoms with Crippen LogP contribution in [0.1, 0.15) is 57.9 Å². The van der Waals surface area contributed by atoms with E-state index in [0.717, 1.165) is 31.2 Å². The van der Waals surface area contributed by atoms with Crippen molar-refractivity contribution in [3.05, 3.63) is 35.9 Å². The summed E-state index contributed by atoms with van der Waals surface area (Å²) in [6, 6.07) is 6.86. The maximum Gasteiger partial charge on any atom is 0.318 e. The summed E-state index contributed by atoms with van der Waals surface area (Å²) in [4.78, 5) is 53.7. The monoisotopic (exact) mass is 530 g/mol. The Labute approximate surface area is 225 Å². The van der Waals surface area contributed by atoms with Gasteiger partial charge in [0.2, 0.25) is 11.7 Å². The molecule has 38 heavy (non-hydrogen) atoms. The van der Waals surface area contributed by atoms with Gasteiger partial charge in [-0.15, -0.1) is 0 Å². The third-order valence-electron chi connectivity index (χ3n) is 6.88. The molecule has 1 saturated heterocycles. The average Bonchev–Trinajstić information content (AvgIpc) is 2.93. The van der Waals surface area contributed by atoms with Crippen LogP contribution in [0.25, 0.3) is 0 Å². The lowest BCUT2D eigenvalue weighted by Crippen LogP contribution is -2.58. The Morgan fingerprint density at radius 1 is 0.947 bits per heavy atom. The number of carbonyl (C=O) groups is 4. The van der Waals surface area contributed by atoms with Gasteiger partial charge >= 0.3 is 6.03 Å². The molecule has 2 aliphatic rings. The van der Waals surface area contributed by atoms with Gasteiger partial charge in [-0.2, -0.15) is 0 Å². The van der Waals surface area contributed by atoms with E-state index in [1.807, 2.05) is 30.3 Å². The zero-order chi connectivity index (χ0) is 27.3. The second-order valence-corrected chi connectivity index (χ2v) is 10.4. The Kier molecular flexibility index (Phi) is 12.0. The lowest BCUT2D eigenvalue weighted by atomic mass is 9.84. The molecule has 0 radical (unpaired) electrons. The second-order valence-electron chi connectivity index (χ2n) is 10.4. The first-order valence-electron chi connectivity index (χ1n) is 13.7. The van der Waals surface area contributed by atoms with E-state index in [2.05, 4.69) is 16.0 Å². The van der Waals surface area contributed by atoms with Crippen molar-refractivity contribution in [3.63, 3.8) is 0 Å². The molecule has 3 N–H and O–H groups in total. The Balaban J connectivity index is 1.70. The number of rotatable bonds is 12. The topological polar surface area (TPSA) is 126 Å². The summed E-state index contributed by atoms with van der Waals surface area (Å²) in [5, 5.41) is 8.20. The number of nitrogens with zero attached hydrogens (tertiary/aromatic N) is 1. The predicted molar refractivity (Wildman–Crippen MR) is 142 cm³/mol. The van der Waals surface area contributed by atoms with Gasteiger partial charge < -0.3 is 30.3 Å². The van der Waals surface area contributed by atoms with Gasteiger partial charge in [0.25, 0.3) is 5.91 Å². The van der Waals surface area contributed by atoms with Crippen molar-refractivity contribution >= 4 is 23.6 Å². The molecule has 4 amide bonds. The summed E-state index contributed by atoms with van der Waals surface area (Å²) in [6.07, 6.45) is 5.84. The molecule has 2 atom stereocenters. The minimum atomic E-state index is -1.18. The van der Waals surface area contributed by atoms with E-state index in [0.29, 0.717) is 38.6 Å². The highest BCUT2D eigenvalue weighted by Gasteiger charge is 2.33. The van der Waals surface area contributed by atoms with E-state index >= 15 is 0 Å². The number of hydrogen-bond donors (Lipinski definition) is 3. The van der Waals surface area contributed by atoms with Crippen molar-refractivity contribution in [2.45, 2.75) is 77.1 Å². The summed E-state index contributed by atoms with van der Waals surface area (Å²) in [7, 11) is 0. The maximum atomic E-state index is 13.5. The third kappa shape index (κ3) is 9.72. The zero-order valence-corrected chi connectivity index (χ0v) is 22.6. The lowest BCUT2D eigenvalue weighted by Gasteiger charge is -2.31. The smallest absolute Gasteiger partial charge is 0.318 e. The Hall–Kier alpha value is -2.98. The third-order valence-corrected chi connectivity index (χ3v) is 6.88. The molecule has 0 unspecified atom stereocenters. The summed E-state index contributed by atoms with van der Waals surface area (Å²) < 4.78 is 11.1. The molecular weight excluding hydrogens is 488 g/mol. The van der Waals surface area contributed by atoms with Gasteiger partial charge in [-0.05, 0) is 31.7 Å². The number of ketones is 1. The molecule has 1 heterocycles. The molecule has 10 heteroatoms. The number of benzene rings is 1. The summed E-state index contributed by atoms with van der Waals surface area (Å²) in [6.45, 7) is 5.38. The van der Waals surface area contributed by atoms with Crippen molar-refractivity contribution in [3.8, 4) is 0 Å². The van der Waals surface area contributed by atoms with Gasteiger partial charge in [0, 0.05) is 19.1 Å². The normalized spacial score (nSPS) is 17.9. The standard InChI is InChI=1S/C28H42N4O6/c1-20(2)29-27(35)25(33)24(19-38-18-22-11-7-4-8-12-22)30-26(34)23(17-21-9-5-3-6-10-21)31-28(36)32-13-15-37-16-14-32/h4,7-8,11-12,20-21,23-24H,3,5-6,9-10,13-19H2,1-2H3,(H,29,35)(H,30,34)(H,31,36)/t23-,24-/m0/s1. The zero-order valence-electron chi connectivity index (χ0n) is 22.6. The predicted octanol–water partition coefficient (Wildman–Crippen LogP) is 2.16. The number of hydrogen-bond acceptors (Lipinski definition) is 6. The summed E-state index contributed by atoms with van der Waals surface area (Å²) >= 11 is 0. The fraction of sp³-hybridized carbons (Fsp3) is 0.643. The van der Waals surface area contributed by atoms with Gasteiger partial charge in [0.05, 0.1) is 26.4 Å². The van der Waals surface area contributed by atoms with E-state index < -0.39 is 29.7 Å². The van der Waals surface area contributed by atoms with Crippen LogP contribution in [-0.2, 0) is 30.5 Å². The SMILES string of the molecule is CC(C)NC(=O)C(=O)[C@H](COCc1ccccc1)NC(=O)[C@H](CC1CCCCC1)NC(=O)N1CCOCC1. The highest BCUT2D eigenvalue weighted by molar-refractivity contribution is 6.38. The molecule has 1 aliphatic carbocycles. The molecular formula is C28H42N4O6. The van der Waals surface area contributed by atoms with Crippen molar-refractivity contribution in [1.29, 1.82) is 0 Å². The largest absolute Gasteiger partial charge is 0.378 e. The quantitative estimate of drug-likeness (QED) is 0.356. The van der Waals surface area contributed by atoms with E-state index in [1.165, 1.54) is 6.42 Å². The van der Waals surface area contributed by atoms with E-state index in [-0.39, 0.29) is 25.3 Å². The van der Waals surface area contributed by atoms with E-state index in [4.69, 9.17) is 9.47 Å². The van der Waals surface area contributed by atoms with E-state index in [1.54, 1.807) is 18.7 Å². The van der Waals surface area contributed by atoms with Gasteiger partial charge in [-0.1, -0.05) is 62.4 Å². The van der Waals surface area contributed by atoms with Crippen molar-refractivity contribution in [2.24, 2.45) is 5.92 Å². The molecule has 0 spiro atoms. The van der Waals surface area contributed by atoms with Crippen LogP contribution in [0.3, 0.4) is 0 Å². The number of Topliss-reactive ketones (excluding diaryl/α,β-unsaturated/α-hetero) is 1. The lowest BCUT2D eigenvalue weighted by molar-refractivity contribution is -0.141. The maximum absolute atomic E-state index is 13.5. The molecule has 1 saturated carbocycles. The first-order chi connectivity index (χ1) is 18.3. The molecule has 0 bridgehead atoms. The summed E-state index contributed by atoms with van der Waals surface area (Å²) in [5.41, 5.74) is 0.907. The minimum absolute atomic E-state index is 0.168. The Bertz CT molecular complexity index is 913. The van der Waals surface area contributed by atoms with E-state index in [9.17, 15) is 19.2 Å². The van der Waals surface area contributed by atoms with Crippen LogP contribution in [-0.4, -0.2) is 79.6 Å². The number of nitrogens with one attached hydrogen (secondary N) is 3. The second kappa shape index (κ2) is 15.4. The number of carbonyl (C=O) groups excluding carboxylic acids is 4. The average molecular weight is 531 g/mol. The molecule has 210 valence electrons. The molecule has 0 aromatic heterocycles. The van der Waals surface area contributed by atoms with Crippen LogP contribution in [0.2, 0.25) is 0 Å². The molecule has 10 nitrogen and oxygen atoms in total. The van der Waals surface area contributed by atoms with Crippen LogP contribution in [0, 0.1) is 5.92 Å². The molecule has 1 aromatic carbocycles. The van der Waals surface area contributed by atoms with Crippen molar-refractivity contribution in [1.82, 2.24) is 20.9 Å². The Morgan fingerprint density at radius 3 is 2.29 bits per heavy atom. The van der Waals surface area contributed by atoms with Gasteiger partial charge in [-0.25, -0.2) is 4.79 Å². The first-order valence-corrected chi connectivity index (χ1v) is 13.7. The van der Waals surface area contributed by atoms with Crippen molar-refractivity contribution in [2.75, 3.05) is 32.9 Å². The molecule has 2 fully saturated rings. The fourth-order valence-electron chi connectivity index (χ4n) is 4.81. The van der Waals surface area contributed by atoms with Crippen molar-refractivity contribution < 1.29 is 28.7 Å². The van der Waals surface area contributed by atoms with Crippen LogP contribution >= 0.6 is 0 Å². The highest BCUT2D eigenvalue weighted by Crippen LogP contribution is 2.27. The van der Waals surface area contributed by atoms with Crippen LogP contribution in [0.4, 0.5) is 4.79 Å². The summed E-state index contributed by atoms with van der Waals surface area (Å²) in [5.74, 6) is -1.75. The minimum Gasteiger partial charge on any atom is -0.378 e. The molecule has 1 aliphatic heterocycles. The number of urea groups is 1. The van der Waals surface area contributed by atoms with Crippen LogP contribution in [0.5, 0.6) is 0 Å². The molecule has 1 aromatic rings. The van der Waals surface area contributed by atoms with Gasteiger partial charge in [0.1, 0.15) is 12.1 Å². The first kappa shape index (κ1) is 29.6. The number of morpholine rings is 1. The number of amides is 4. The van der Waals surface area contributed by atoms with Crippen LogP contribution in [0.15, 0.2) is 30.3 Å². The van der Waals surface area contributed by atoms with Crippen LogP contribution < -0.4 is 16.0 Å². The number of ether oxygens (including phenoxy) is 2.